The summed E-state index contributed by atoms with van der Waals surface area (Å²) in [6.45, 7) is 9.01. The molecule has 0 aliphatic carbocycles. The average Bonchev–Trinajstić information content (AvgIpc) is 2.72. The Morgan fingerprint density at radius 1 is 0.833 bits per heavy atom. The highest BCUT2D eigenvalue weighted by molar-refractivity contribution is 6.00. The van der Waals surface area contributed by atoms with Crippen molar-refractivity contribution in [2.45, 2.75) is 46.6 Å². The van der Waals surface area contributed by atoms with Crippen LogP contribution in [0.15, 0.2) is 54.6 Å². The SMILES string of the molecule is CCOC(=O)CN(C(=O)c1ccc(CC)cc1)N(C(=O)c1ccccc1)C(C)(C)C. The maximum absolute atomic E-state index is 13.4. The first-order valence-electron chi connectivity index (χ1n) is 10.1. The summed E-state index contributed by atoms with van der Waals surface area (Å²) in [4.78, 5) is 39.1. The second kappa shape index (κ2) is 10.1. The lowest BCUT2D eigenvalue weighted by molar-refractivity contribution is -0.148. The Hall–Kier alpha value is -3.15. The standard InChI is InChI=1S/C24H30N2O4/c1-6-18-13-15-20(16-14-18)22(28)25(17-21(27)30-7-2)26(24(3,4)5)23(29)19-11-9-8-10-12-19/h8-16H,6-7,17H2,1-5H3. The maximum atomic E-state index is 13.4. The minimum absolute atomic E-state index is 0.189. The normalized spacial score (nSPS) is 11.0. The second-order valence-corrected chi connectivity index (χ2v) is 7.87. The third-order valence-corrected chi connectivity index (χ3v) is 4.52. The van der Waals surface area contributed by atoms with Crippen molar-refractivity contribution in [3.05, 3.63) is 71.3 Å². The van der Waals surface area contributed by atoms with Crippen LogP contribution in [0.25, 0.3) is 0 Å². The van der Waals surface area contributed by atoms with Crippen molar-refractivity contribution in [1.29, 1.82) is 0 Å². The van der Waals surface area contributed by atoms with E-state index in [2.05, 4.69) is 0 Å². The Bertz CT molecular complexity index is 870. The summed E-state index contributed by atoms with van der Waals surface area (Å²) in [5.74, 6) is -1.39. The van der Waals surface area contributed by atoms with Crippen LogP contribution < -0.4 is 0 Å². The van der Waals surface area contributed by atoms with Gasteiger partial charge in [0.1, 0.15) is 6.54 Å². The highest BCUT2D eigenvalue weighted by Gasteiger charge is 2.37. The van der Waals surface area contributed by atoms with Crippen LogP contribution in [0.2, 0.25) is 0 Å². The molecule has 30 heavy (non-hydrogen) atoms. The number of amides is 2. The lowest BCUT2D eigenvalue weighted by Crippen LogP contribution is -2.59. The van der Waals surface area contributed by atoms with Crippen molar-refractivity contribution in [2.75, 3.05) is 13.2 Å². The molecule has 2 aromatic carbocycles. The topological polar surface area (TPSA) is 66.9 Å². The van der Waals surface area contributed by atoms with Gasteiger partial charge in [-0.15, -0.1) is 0 Å². The van der Waals surface area contributed by atoms with E-state index in [-0.39, 0.29) is 19.1 Å². The lowest BCUT2D eigenvalue weighted by atomic mass is 10.1. The first-order chi connectivity index (χ1) is 14.2. The van der Waals surface area contributed by atoms with E-state index in [4.69, 9.17) is 4.74 Å². The number of ether oxygens (including phenoxy) is 1. The molecule has 6 nitrogen and oxygen atoms in total. The number of hydrogen-bond donors (Lipinski definition) is 0. The summed E-state index contributed by atoms with van der Waals surface area (Å²) in [7, 11) is 0. The average molecular weight is 411 g/mol. The van der Waals surface area contributed by atoms with Crippen molar-refractivity contribution < 1.29 is 19.1 Å². The summed E-state index contributed by atoms with van der Waals surface area (Å²) in [5.41, 5.74) is 1.15. The lowest BCUT2D eigenvalue weighted by Gasteiger charge is -2.43. The van der Waals surface area contributed by atoms with E-state index in [1.807, 2.05) is 45.9 Å². The largest absolute Gasteiger partial charge is 0.465 e. The van der Waals surface area contributed by atoms with Crippen LogP contribution in [0.5, 0.6) is 0 Å². The van der Waals surface area contributed by atoms with Crippen molar-refractivity contribution in [3.63, 3.8) is 0 Å². The van der Waals surface area contributed by atoms with Gasteiger partial charge in [-0.2, -0.15) is 0 Å². The minimum atomic E-state index is -0.765. The molecule has 160 valence electrons. The summed E-state index contributed by atoms with van der Waals surface area (Å²) in [6, 6.07) is 15.9. The van der Waals surface area contributed by atoms with Crippen LogP contribution in [0.3, 0.4) is 0 Å². The van der Waals surface area contributed by atoms with E-state index in [0.717, 1.165) is 12.0 Å². The molecule has 0 radical (unpaired) electrons. The number of carbonyl (C=O) groups excluding carboxylic acids is 3. The van der Waals surface area contributed by atoms with Crippen LogP contribution in [0.4, 0.5) is 0 Å². The van der Waals surface area contributed by atoms with E-state index in [9.17, 15) is 14.4 Å². The smallest absolute Gasteiger partial charge is 0.327 e. The van der Waals surface area contributed by atoms with Gasteiger partial charge in [0.05, 0.1) is 12.1 Å². The number of nitrogens with zero attached hydrogens (tertiary/aromatic N) is 2. The van der Waals surface area contributed by atoms with E-state index in [1.54, 1.807) is 43.3 Å². The summed E-state index contributed by atoms with van der Waals surface area (Å²) >= 11 is 0. The zero-order valence-electron chi connectivity index (χ0n) is 18.3. The zero-order valence-corrected chi connectivity index (χ0v) is 18.3. The van der Waals surface area contributed by atoms with Gasteiger partial charge < -0.3 is 4.74 Å². The molecule has 0 heterocycles. The molecular weight excluding hydrogens is 380 g/mol. The molecule has 0 atom stereocenters. The number of hydrazine groups is 1. The molecule has 0 aromatic heterocycles. The molecule has 0 N–H and O–H groups in total. The highest BCUT2D eigenvalue weighted by Crippen LogP contribution is 2.23. The fraction of sp³-hybridized carbons (Fsp3) is 0.375. The molecule has 0 aliphatic rings. The predicted octanol–water partition coefficient (Wildman–Crippen LogP) is 4.11. The quantitative estimate of drug-likeness (QED) is 0.531. The Labute approximate surface area is 178 Å². The van der Waals surface area contributed by atoms with Crippen LogP contribution in [0.1, 0.15) is 60.9 Å². The number of esters is 1. The van der Waals surface area contributed by atoms with Gasteiger partial charge in [-0.25, -0.2) is 10.0 Å². The molecule has 0 unspecified atom stereocenters. The summed E-state index contributed by atoms with van der Waals surface area (Å²) in [5, 5.41) is 2.53. The van der Waals surface area contributed by atoms with Crippen LogP contribution in [-0.4, -0.2) is 46.5 Å². The van der Waals surface area contributed by atoms with Crippen LogP contribution >= 0.6 is 0 Å². The van der Waals surface area contributed by atoms with E-state index < -0.39 is 17.4 Å². The van der Waals surface area contributed by atoms with E-state index in [1.165, 1.54) is 10.0 Å². The van der Waals surface area contributed by atoms with Gasteiger partial charge in [0.25, 0.3) is 11.8 Å². The molecule has 0 fully saturated rings. The first kappa shape index (κ1) is 23.1. The van der Waals surface area contributed by atoms with E-state index >= 15 is 0 Å². The number of benzene rings is 2. The van der Waals surface area contributed by atoms with Gasteiger partial charge in [0.2, 0.25) is 0 Å². The zero-order chi connectivity index (χ0) is 22.3. The Kier molecular flexibility index (Phi) is 7.75. The van der Waals surface area contributed by atoms with Gasteiger partial charge in [0.15, 0.2) is 0 Å². The van der Waals surface area contributed by atoms with Gasteiger partial charge in [-0.05, 0) is 63.9 Å². The van der Waals surface area contributed by atoms with Gasteiger partial charge in [-0.1, -0.05) is 37.3 Å². The van der Waals surface area contributed by atoms with Gasteiger partial charge >= 0.3 is 5.97 Å². The Balaban J connectivity index is 2.50. The highest BCUT2D eigenvalue weighted by atomic mass is 16.5. The van der Waals surface area contributed by atoms with Crippen LogP contribution in [-0.2, 0) is 16.0 Å². The molecule has 2 amide bonds. The predicted molar refractivity (Wildman–Crippen MR) is 116 cm³/mol. The maximum Gasteiger partial charge on any atom is 0.327 e. The molecule has 0 bridgehead atoms. The Morgan fingerprint density at radius 3 is 1.90 bits per heavy atom. The number of rotatable bonds is 6. The summed E-state index contributed by atoms with van der Waals surface area (Å²) < 4.78 is 5.07. The molecule has 6 heteroatoms. The molecule has 0 saturated carbocycles. The second-order valence-electron chi connectivity index (χ2n) is 7.87. The minimum Gasteiger partial charge on any atom is -0.465 e. The molecule has 0 spiro atoms. The van der Waals surface area contributed by atoms with Crippen molar-refractivity contribution in [1.82, 2.24) is 10.0 Å². The number of hydrogen-bond acceptors (Lipinski definition) is 4. The van der Waals surface area contributed by atoms with Crippen molar-refractivity contribution in [2.24, 2.45) is 0 Å². The third-order valence-electron chi connectivity index (χ3n) is 4.52. The first-order valence-corrected chi connectivity index (χ1v) is 10.1. The van der Waals surface area contributed by atoms with Gasteiger partial charge in [0, 0.05) is 11.1 Å². The van der Waals surface area contributed by atoms with E-state index in [0.29, 0.717) is 11.1 Å². The molecule has 2 rings (SSSR count). The Morgan fingerprint density at radius 2 is 1.40 bits per heavy atom. The van der Waals surface area contributed by atoms with Crippen LogP contribution in [0, 0.1) is 0 Å². The fourth-order valence-electron chi connectivity index (χ4n) is 3.07. The third kappa shape index (κ3) is 5.69. The molecular formula is C24H30N2O4. The van der Waals surface area contributed by atoms with Gasteiger partial charge in [-0.3, -0.25) is 14.4 Å². The molecule has 2 aromatic rings. The van der Waals surface area contributed by atoms with Crippen molar-refractivity contribution in [3.8, 4) is 0 Å². The number of aryl methyl sites for hydroxylation is 1. The molecule has 0 aliphatic heterocycles. The monoisotopic (exact) mass is 410 g/mol. The number of carbonyl (C=O) groups is 3. The fourth-order valence-corrected chi connectivity index (χ4v) is 3.07. The van der Waals surface area contributed by atoms with Crippen molar-refractivity contribution >= 4 is 17.8 Å². The molecule has 0 saturated heterocycles. The summed E-state index contributed by atoms with van der Waals surface area (Å²) in [6.07, 6.45) is 0.849.